The van der Waals surface area contributed by atoms with Crippen LogP contribution in [0.4, 0.5) is 0 Å². The van der Waals surface area contributed by atoms with E-state index in [-0.39, 0.29) is 0 Å². The molecule has 3 rings (SSSR count). The Balaban J connectivity index is 1.89. The van der Waals surface area contributed by atoms with E-state index in [0.717, 1.165) is 29.9 Å². The molecular weight excluding hydrogens is 281 g/mol. The highest BCUT2D eigenvalue weighted by molar-refractivity contribution is 6.35. The van der Waals surface area contributed by atoms with Crippen LogP contribution in [0, 0.1) is 0 Å². The van der Waals surface area contributed by atoms with Crippen molar-refractivity contribution in [2.24, 2.45) is 0 Å². The summed E-state index contributed by atoms with van der Waals surface area (Å²) in [5, 5.41) is 4.61. The summed E-state index contributed by atoms with van der Waals surface area (Å²) >= 11 is 12.0. The number of rotatable bonds is 2. The second-order valence-corrected chi connectivity index (χ2v) is 5.51. The van der Waals surface area contributed by atoms with Gasteiger partial charge in [-0.15, -0.1) is 0 Å². The molecule has 1 N–H and O–H groups in total. The molecule has 0 amide bonds. The fraction of sp³-hybridized carbons (Fsp3) is 0.286. The molecule has 1 saturated heterocycles. The van der Waals surface area contributed by atoms with Crippen LogP contribution in [0.2, 0.25) is 10.0 Å². The third kappa shape index (κ3) is 2.89. The van der Waals surface area contributed by atoms with Crippen molar-refractivity contribution >= 4 is 23.2 Å². The van der Waals surface area contributed by atoms with Gasteiger partial charge in [-0.05, 0) is 37.6 Å². The van der Waals surface area contributed by atoms with Crippen molar-refractivity contribution in [3.8, 4) is 11.3 Å². The van der Waals surface area contributed by atoms with E-state index >= 15 is 0 Å². The van der Waals surface area contributed by atoms with Crippen LogP contribution in [0.25, 0.3) is 11.3 Å². The first-order chi connectivity index (χ1) is 9.22. The summed E-state index contributed by atoms with van der Waals surface area (Å²) in [6.07, 6.45) is 5.92. The van der Waals surface area contributed by atoms with E-state index in [1.165, 1.54) is 6.42 Å². The van der Waals surface area contributed by atoms with E-state index in [9.17, 15) is 0 Å². The van der Waals surface area contributed by atoms with Gasteiger partial charge >= 0.3 is 0 Å². The zero-order valence-electron chi connectivity index (χ0n) is 10.2. The van der Waals surface area contributed by atoms with Crippen molar-refractivity contribution in [1.29, 1.82) is 0 Å². The Hall–Kier alpha value is -1.16. The smallest absolute Gasteiger partial charge is 0.0886 e. The fourth-order valence-corrected chi connectivity index (χ4v) is 2.83. The van der Waals surface area contributed by atoms with Gasteiger partial charge in [-0.2, -0.15) is 0 Å². The minimum Gasteiger partial charge on any atom is -0.309 e. The van der Waals surface area contributed by atoms with Crippen LogP contribution < -0.4 is 5.32 Å². The van der Waals surface area contributed by atoms with E-state index < -0.39 is 0 Å². The van der Waals surface area contributed by atoms with Crippen molar-refractivity contribution < 1.29 is 0 Å². The highest BCUT2D eigenvalue weighted by atomic mass is 35.5. The number of hydrogen-bond acceptors (Lipinski definition) is 3. The number of hydrogen-bond donors (Lipinski definition) is 1. The Morgan fingerprint density at radius 1 is 1.05 bits per heavy atom. The highest BCUT2D eigenvalue weighted by Crippen LogP contribution is 2.26. The first-order valence-electron chi connectivity index (χ1n) is 6.24. The zero-order valence-corrected chi connectivity index (χ0v) is 11.7. The monoisotopic (exact) mass is 293 g/mol. The lowest BCUT2D eigenvalue weighted by atomic mass is 10.1. The molecule has 1 aliphatic rings. The second-order valence-electron chi connectivity index (χ2n) is 4.63. The lowest BCUT2D eigenvalue weighted by Gasteiger charge is -2.09. The van der Waals surface area contributed by atoms with Gasteiger partial charge in [0, 0.05) is 15.6 Å². The van der Waals surface area contributed by atoms with Crippen LogP contribution in [-0.4, -0.2) is 16.5 Å². The maximum atomic E-state index is 5.99. The summed E-state index contributed by atoms with van der Waals surface area (Å²) in [5.74, 6) is 0. The first-order valence-corrected chi connectivity index (χ1v) is 7.00. The molecule has 1 aliphatic heterocycles. The van der Waals surface area contributed by atoms with Gasteiger partial charge in [-0.25, -0.2) is 0 Å². The molecule has 0 aliphatic carbocycles. The Morgan fingerprint density at radius 3 is 2.42 bits per heavy atom. The van der Waals surface area contributed by atoms with Gasteiger partial charge < -0.3 is 5.32 Å². The van der Waals surface area contributed by atoms with Crippen molar-refractivity contribution in [2.75, 3.05) is 6.54 Å². The topological polar surface area (TPSA) is 37.8 Å². The number of nitrogens with zero attached hydrogens (tertiary/aromatic N) is 2. The minimum atomic E-state index is 0.337. The summed E-state index contributed by atoms with van der Waals surface area (Å²) in [6.45, 7) is 1.05. The summed E-state index contributed by atoms with van der Waals surface area (Å²) in [7, 11) is 0. The van der Waals surface area contributed by atoms with E-state index in [2.05, 4.69) is 15.3 Å². The number of aromatic nitrogens is 2. The normalized spacial score (nSPS) is 18.7. The molecular formula is C14H13Cl2N3. The highest BCUT2D eigenvalue weighted by Gasteiger charge is 2.17. The molecule has 1 fully saturated rings. The predicted molar refractivity (Wildman–Crippen MR) is 77.5 cm³/mol. The third-order valence-corrected chi connectivity index (χ3v) is 3.68. The van der Waals surface area contributed by atoms with E-state index in [4.69, 9.17) is 23.2 Å². The summed E-state index contributed by atoms with van der Waals surface area (Å²) in [4.78, 5) is 8.94. The zero-order chi connectivity index (χ0) is 13.2. The standard InChI is InChI=1S/C14H13Cl2N3/c15-10-4-9(5-11(16)6-10)13-7-19-14(8-18-13)12-2-1-3-17-12/h4-8,12,17H,1-3H2. The van der Waals surface area contributed by atoms with Crippen LogP contribution in [0.5, 0.6) is 0 Å². The second kappa shape index (κ2) is 5.45. The third-order valence-electron chi connectivity index (χ3n) is 3.25. The minimum absolute atomic E-state index is 0.337. The molecule has 19 heavy (non-hydrogen) atoms. The molecule has 1 unspecified atom stereocenters. The number of benzene rings is 1. The average Bonchev–Trinajstić information content (AvgIpc) is 2.91. The van der Waals surface area contributed by atoms with E-state index in [1.807, 2.05) is 18.3 Å². The SMILES string of the molecule is Clc1cc(Cl)cc(-c2cnc(C3CCCN3)cn2)c1. The Kier molecular flexibility index (Phi) is 3.69. The van der Waals surface area contributed by atoms with Gasteiger partial charge in [0.2, 0.25) is 0 Å². The van der Waals surface area contributed by atoms with Crippen LogP contribution in [0.1, 0.15) is 24.6 Å². The maximum Gasteiger partial charge on any atom is 0.0886 e. The van der Waals surface area contributed by atoms with Crippen molar-refractivity contribution in [1.82, 2.24) is 15.3 Å². The van der Waals surface area contributed by atoms with Gasteiger partial charge in [0.25, 0.3) is 0 Å². The lowest BCUT2D eigenvalue weighted by Crippen LogP contribution is -2.14. The van der Waals surface area contributed by atoms with Gasteiger partial charge in [-0.1, -0.05) is 23.2 Å². The Bertz CT molecular complexity index is 557. The summed E-state index contributed by atoms with van der Waals surface area (Å²) < 4.78 is 0. The van der Waals surface area contributed by atoms with Crippen LogP contribution in [-0.2, 0) is 0 Å². The molecule has 3 nitrogen and oxygen atoms in total. The lowest BCUT2D eigenvalue weighted by molar-refractivity contribution is 0.624. The van der Waals surface area contributed by atoms with Crippen LogP contribution in [0.15, 0.2) is 30.6 Å². The molecule has 1 aromatic heterocycles. The molecule has 0 radical (unpaired) electrons. The molecule has 1 atom stereocenters. The maximum absolute atomic E-state index is 5.99. The van der Waals surface area contributed by atoms with Crippen LogP contribution >= 0.6 is 23.2 Å². The molecule has 1 aromatic carbocycles. The van der Waals surface area contributed by atoms with Gasteiger partial charge in [0.1, 0.15) is 0 Å². The van der Waals surface area contributed by atoms with Crippen LogP contribution in [0.3, 0.4) is 0 Å². The molecule has 0 spiro atoms. The van der Waals surface area contributed by atoms with Crippen molar-refractivity contribution in [2.45, 2.75) is 18.9 Å². The fourth-order valence-electron chi connectivity index (χ4n) is 2.31. The number of halogens is 2. The summed E-state index contributed by atoms with van der Waals surface area (Å²) in [5.41, 5.74) is 2.66. The molecule has 98 valence electrons. The number of nitrogens with one attached hydrogen (secondary N) is 1. The average molecular weight is 294 g/mol. The Labute approximate surface area is 122 Å². The van der Waals surface area contributed by atoms with Gasteiger partial charge in [0.15, 0.2) is 0 Å². The summed E-state index contributed by atoms with van der Waals surface area (Å²) in [6, 6.07) is 5.72. The first kappa shape index (κ1) is 12.9. The van der Waals surface area contributed by atoms with Gasteiger partial charge in [-0.3, -0.25) is 9.97 Å². The Morgan fingerprint density at radius 2 is 1.84 bits per heavy atom. The molecule has 0 saturated carbocycles. The van der Waals surface area contributed by atoms with Crippen molar-refractivity contribution in [3.63, 3.8) is 0 Å². The predicted octanol–water partition coefficient (Wildman–Crippen LogP) is 3.87. The molecule has 5 heteroatoms. The van der Waals surface area contributed by atoms with Crippen molar-refractivity contribution in [3.05, 3.63) is 46.3 Å². The molecule has 0 bridgehead atoms. The van der Waals surface area contributed by atoms with Gasteiger partial charge in [0.05, 0.1) is 29.8 Å². The molecule has 2 heterocycles. The van der Waals surface area contributed by atoms with E-state index in [0.29, 0.717) is 16.1 Å². The largest absolute Gasteiger partial charge is 0.309 e. The quantitative estimate of drug-likeness (QED) is 0.913. The van der Waals surface area contributed by atoms with E-state index in [1.54, 1.807) is 12.3 Å². The molecule has 2 aromatic rings.